The van der Waals surface area contributed by atoms with Gasteiger partial charge in [0.05, 0.1) is 6.61 Å². The lowest BCUT2D eigenvalue weighted by Gasteiger charge is -2.25. The van der Waals surface area contributed by atoms with Crippen LogP contribution in [0.1, 0.15) is 63.2 Å². The minimum Gasteiger partial charge on any atom is -0.490 e. The second-order valence-corrected chi connectivity index (χ2v) is 7.64. The van der Waals surface area contributed by atoms with Gasteiger partial charge in [-0.2, -0.15) is 8.78 Å². The number of carbonyl (C=O) groups excluding carboxylic acids is 1. The lowest BCUT2D eigenvalue weighted by molar-refractivity contribution is -0.0514. The number of amides is 1. The van der Waals surface area contributed by atoms with E-state index in [9.17, 15) is 23.2 Å². The first kappa shape index (κ1) is 26.9. The quantitative estimate of drug-likeness (QED) is 0.420. The normalized spacial score (nSPS) is 11.0. The van der Waals surface area contributed by atoms with Gasteiger partial charge in [0.25, 0.3) is 11.5 Å². The molecule has 2 rings (SSSR count). The highest BCUT2D eigenvalue weighted by Gasteiger charge is 2.26. The van der Waals surface area contributed by atoms with Crippen molar-refractivity contribution in [1.82, 2.24) is 9.55 Å². The second-order valence-electron chi connectivity index (χ2n) is 7.64. The van der Waals surface area contributed by atoms with Gasteiger partial charge in [0, 0.05) is 18.7 Å². The van der Waals surface area contributed by atoms with Gasteiger partial charge < -0.3 is 20.1 Å². The number of rotatable bonds is 13. The fourth-order valence-electron chi connectivity index (χ4n) is 3.47. The molecule has 0 saturated heterocycles. The van der Waals surface area contributed by atoms with Crippen molar-refractivity contribution in [3.05, 3.63) is 44.6 Å². The number of aromatic amines is 1. The first-order valence-electron chi connectivity index (χ1n) is 11.4. The number of hydrogen-bond acceptors (Lipinski definition) is 6. The molecule has 34 heavy (non-hydrogen) atoms. The number of alkyl halides is 2. The van der Waals surface area contributed by atoms with E-state index in [4.69, 9.17) is 10.5 Å². The number of ether oxygens (including phenoxy) is 2. The number of nitrogens with one attached hydrogen (secondary N) is 1. The van der Waals surface area contributed by atoms with Crippen LogP contribution in [0.15, 0.2) is 27.8 Å². The SMILES string of the molecule is CCCCCN(C(=O)c1ccc(OC(F)F)c(OCC)c1)c1c(N)n(CCCC)c(=O)[nH]c1=O. The number of unbranched alkanes of at least 4 members (excludes halogenated alkanes) is 3. The molecule has 1 heterocycles. The molecule has 0 spiro atoms. The van der Waals surface area contributed by atoms with Gasteiger partial charge >= 0.3 is 12.3 Å². The molecular weight excluding hydrogens is 450 g/mol. The van der Waals surface area contributed by atoms with Crippen LogP contribution in [-0.2, 0) is 6.54 Å². The maximum absolute atomic E-state index is 13.5. The molecule has 0 fully saturated rings. The van der Waals surface area contributed by atoms with E-state index in [2.05, 4.69) is 9.72 Å². The van der Waals surface area contributed by atoms with Crippen molar-refractivity contribution in [1.29, 1.82) is 0 Å². The van der Waals surface area contributed by atoms with E-state index in [0.717, 1.165) is 19.3 Å². The summed E-state index contributed by atoms with van der Waals surface area (Å²) in [6, 6.07) is 3.81. The Morgan fingerprint density at radius 3 is 2.44 bits per heavy atom. The number of anilines is 2. The molecule has 0 radical (unpaired) electrons. The Hall–Kier alpha value is -3.37. The zero-order chi connectivity index (χ0) is 25.3. The van der Waals surface area contributed by atoms with Crippen molar-refractivity contribution in [2.75, 3.05) is 23.8 Å². The third kappa shape index (κ3) is 6.58. The lowest BCUT2D eigenvalue weighted by atomic mass is 10.1. The first-order chi connectivity index (χ1) is 16.2. The topological polar surface area (TPSA) is 120 Å². The molecule has 0 aliphatic rings. The van der Waals surface area contributed by atoms with Crippen LogP contribution < -0.4 is 31.4 Å². The van der Waals surface area contributed by atoms with Crippen LogP contribution >= 0.6 is 0 Å². The summed E-state index contributed by atoms with van der Waals surface area (Å²) in [4.78, 5) is 42.1. The minimum absolute atomic E-state index is 0.0306. The number of hydrogen-bond donors (Lipinski definition) is 2. The Bertz CT molecular complexity index is 1080. The number of benzene rings is 1. The highest BCUT2D eigenvalue weighted by molar-refractivity contribution is 6.07. The smallest absolute Gasteiger partial charge is 0.387 e. The summed E-state index contributed by atoms with van der Waals surface area (Å²) in [5.74, 6) is -0.929. The Morgan fingerprint density at radius 1 is 1.12 bits per heavy atom. The fraction of sp³-hybridized carbons (Fsp3) is 0.522. The van der Waals surface area contributed by atoms with Crippen molar-refractivity contribution in [2.24, 2.45) is 0 Å². The molecule has 11 heteroatoms. The summed E-state index contributed by atoms with van der Waals surface area (Å²) in [6.45, 7) is 3.17. The molecule has 1 aromatic heterocycles. The van der Waals surface area contributed by atoms with Gasteiger partial charge in [-0.15, -0.1) is 0 Å². The van der Waals surface area contributed by atoms with Gasteiger partial charge in [0.15, 0.2) is 17.2 Å². The highest BCUT2D eigenvalue weighted by Crippen LogP contribution is 2.31. The molecule has 0 saturated carbocycles. The Kier molecular flexibility index (Phi) is 10.1. The number of aromatic nitrogens is 2. The van der Waals surface area contributed by atoms with Crippen LogP contribution in [0.3, 0.4) is 0 Å². The molecule has 9 nitrogen and oxygen atoms in total. The van der Waals surface area contributed by atoms with Crippen molar-refractivity contribution < 1.29 is 23.0 Å². The number of carbonyl (C=O) groups is 1. The first-order valence-corrected chi connectivity index (χ1v) is 11.4. The highest BCUT2D eigenvalue weighted by atomic mass is 19.3. The van der Waals surface area contributed by atoms with Crippen LogP contribution in [-0.4, -0.2) is 35.2 Å². The van der Waals surface area contributed by atoms with Gasteiger partial charge in [-0.3, -0.25) is 19.1 Å². The van der Waals surface area contributed by atoms with E-state index in [-0.39, 0.29) is 48.3 Å². The van der Waals surface area contributed by atoms with Crippen LogP contribution in [0.5, 0.6) is 11.5 Å². The van der Waals surface area contributed by atoms with Gasteiger partial charge in [0.1, 0.15) is 5.82 Å². The van der Waals surface area contributed by atoms with E-state index in [1.165, 1.54) is 27.7 Å². The fourth-order valence-corrected chi connectivity index (χ4v) is 3.47. The molecule has 188 valence electrons. The van der Waals surface area contributed by atoms with Crippen molar-refractivity contribution >= 4 is 17.4 Å². The van der Waals surface area contributed by atoms with Crippen molar-refractivity contribution in [3.63, 3.8) is 0 Å². The number of nitrogens with zero attached hydrogens (tertiary/aromatic N) is 2. The van der Waals surface area contributed by atoms with E-state index in [1.807, 2.05) is 13.8 Å². The Labute approximate surface area is 196 Å². The average Bonchev–Trinajstić information content (AvgIpc) is 2.78. The summed E-state index contributed by atoms with van der Waals surface area (Å²) in [5.41, 5.74) is 4.77. The molecule has 0 unspecified atom stereocenters. The molecule has 0 bridgehead atoms. The minimum atomic E-state index is -3.06. The summed E-state index contributed by atoms with van der Waals surface area (Å²) in [7, 11) is 0. The molecule has 1 aromatic carbocycles. The number of nitrogen functional groups attached to an aromatic ring is 1. The largest absolute Gasteiger partial charge is 0.490 e. The molecular formula is C23H32F2N4O5. The number of nitrogens with two attached hydrogens (primary N) is 1. The van der Waals surface area contributed by atoms with Crippen LogP contribution in [0.25, 0.3) is 0 Å². The van der Waals surface area contributed by atoms with E-state index >= 15 is 0 Å². The summed E-state index contributed by atoms with van der Waals surface area (Å²) in [5, 5.41) is 0. The average molecular weight is 483 g/mol. The predicted molar refractivity (Wildman–Crippen MR) is 126 cm³/mol. The maximum atomic E-state index is 13.5. The number of H-pyrrole nitrogens is 1. The van der Waals surface area contributed by atoms with Gasteiger partial charge in [-0.05, 0) is 38.0 Å². The maximum Gasteiger partial charge on any atom is 0.387 e. The Morgan fingerprint density at radius 2 is 1.82 bits per heavy atom. The van der Waals surface area contributed by atoms with Crippen molar-refractivity contribution in [2.45, 2.75) is 66.0 Å². The molecule has 2 aromatic rings. The summed E-state index contributed by atoms with van der Waals surface area (Å²) >= 11 is 0. The molecule has 1 amide bonds. The molecule has 0 aliphatic heterocycles. The second kappa shape index (κ2) is 12.8. The third-order valence-corrected chi connectivity index (χ3v) is 5.16. The van der Waals surface area contributed by atoms with Crippen LogP contribution in [0, 0.1) is 0 Å². The molecule has 0 atom stereocenters. The van der Waals surface area contributed by atoms with E-state index < -0.39 is 23.8 Å². The third-order valence-electron chi connectivity index (χ3n) is 5.16. The molecule has 0 aliphatic carbocycles. The van der Waals surface area contributed by atoms with Crippen LogP contribution in [0.4, 0.5) is 20.3 Å². The standard InChI is InChI=1S/C23H32F2N4O5/c1-4-7-9-13-28(18-19(26)29(12-8-5-2)23(32)27-20(18)30)21(31)15-10-11-16(34-22(24)25)17(14-15)33-6-3/h10-11,14,22H,4-9,12-13,26H2,1-3H3,(H,27,30,32). The molecule has 3 N–H and O–H groups in total. The summed E-state index contributed by atoms with van der Waals surface area (Å²) < 4.78 is 36.6. The lowest BCUT2D eigenvalue weighted by Crippen LogP contribution is -2.41. The van der Waals surface area contributed by atoms with Crippen molar-refractivity contribution in [3.8, 4) is 11.5 Å². The van der Waals surface area contributed by atoms with Crippen LogP contribution in [0.2, 0.25) is 0 Å². The zero-order valence-electron chi connectivity index (χ0n) is 19.7. The van der Waals surface area contributed by atoms with E-state index in [0.29, 0.717) is 12.8 Å². The Balaban J connectivity index is 2.57. The van der Waals surface area contributed by atoms with E-state index in [1.54, 1.807) is 6.92 Å². The number of halogens is 2. The van der Waals surface area contributed by atoms with Gasteiger partial charge in [-0.1, -0.05) is 33.1 Å². The summed E-state index contributed by atoms with van der Waals surface area (Å²) in [6.07, 6.45) is 3.70. The van der Waals surface area contributed by atoms with Gasteiger partial charge in [-0.25, -0.2) is 4.79 Å². The predicted octanol–water partition coefficient (Wildman–Crippen LogP) is 3.76. The zero-order valence-corrected chi connectivity index (χ0v) is 19.7. The van der Waals surface area contributed by atoms with Gasteiger partial charge in [0.2, 0.25) is 0 Å². The monoisotopic (exact) mass is 482 g/mol.